The number of nitrogens with two attached hydrogens (primary N) is 1. The average Bonchev–Trinajstić information content (AvgIpc) is 1.84. The first kappa shape index (κ1) is 11.1. The molecule has 0 radical (unpaired) electrons. The van der Waals surface area contributed by atoms with Gasteiger partial charge in [0.05, 0.1) is 0 Å². The van der Waals surface area contributed by atoms with E-state index in [1.807, 2.05) is 4.72 Å². The van der Waals surface area contributed by atoms with Gasteiger partial charge in [0.2, 0.25) is 10.0 Å². The molecular weight excluding hydrogens is 180 g/mol. The van der Waals surface area contributed by atoms with Crippen LogP contribution in [0, 0.1) is 0 Å². The molecule has 12 heavy (non-hydrogen) atoms. The molecule has 0 aliphatic rings. The van der Waals surface area contributed by atoms with Gasteiger partial charge in [0.1, 0.15) is 5.75 Å². The zero-order valence-electron chi connectivity index (χ0n) is 6.99. The van der Waals surface area contributed by atoms with E-state index in [4.69, 9.17) is 5.73 Å². The van der Waals surface area contributed by atoms with Gasteiger partial charge in [-0.05, 0) is 14.0 Å². The van der Waals surface area contributed by atoms with Gasteiger partial charge in [-0.1, -0.05) is 0 Å². The first-order valence-electron chi connectivity index (χ1n) is 3.25. The number of carbonyl (C=O) groups is 1. The summed E-state index contributed by atoms with van der Waals surface area (Å²) in [7, 11) is -2.21. The Hall–Kier alpha value is -0.880. The van der Waals surface area contributed by atoms with Crippen LogP contribution in [-0.4, -0.2) is 27.0 Å². The largest absolute Gasteiger partial charge is 0.402 e. The zero-order valence-corrected chi connectivity index (χ0v) is 7.81. The SMILES string of the molecule is CNS(=O)(=O)CC(=O)/C=C(/C)N. The molecule has 0 rings (SSSR count). The van der Waals surface area contributed by atoms with Crippen LogP contribution < -0.4 is 10.5 Å². The topological polar surface area (TPSA) is 89.3 Å². The number of sulfonamides is 1. The number of allylic oxidation sites excluding steroid dienone is 2. The van der Waals surface area contributed by atoms with E-state index in [-0.39, 0.29) is 0 Å². The van der Waals surface area contributed by atoms with Gasteiger partial charge in [-0.3, -0.25) is 4.79 Å². The molecule has 0 aromatic carbocycles. The van der Waals surface area contributed by atoms with Crippen molar-refractivity contribution in [1.82, 2.24) is 4.72 Å². The maximum atomic E-state index is 10.9. The van der Waals surface area contributed by atoms with Crippen molar-refractivity contribution in [1.29, 1.82) is 0 Å². The van der Waals surface area contributed by atoms with Gasteiger partial charge >= 0.3 is 0 Å². The van der Waals surface area contributed by atoms with Crippen LogP contribution in [0.3, 0.4) is 0 Å². The highest BCUT2D eigenvalue weighted by Gasteiger charge is 2.11. The first-order chi connectivity index (χ1) is 5.37. The van der Waals surface area contributed by atoms with Crippen molar-refractivity contribution in [2.45, 2.75) is 6.92 Å². The Morgan fingerprint density at radius 1 is 1.58 bits per heavy atom. The van der Waals surface area contributed by atoms with Crippen LogP contribution in [0.2, 0.25) is 0 Å². The number of hydrogen-bond donors (Lipinski definition) is 2. The predicted molar refractivity (Wildman–Crippen MR) is 45.8 cm³/mol. The lowest BCUT2D eigenvalue weighted by atomic mass is 10.3. The molecular formula is C6H12N2O3S. The number of rotatable bonds is 4. The van der Waals surface area contributed by atoms with E-state index >= 15 is 0 Å². The van der Waals surface area contributed by atoms with Gasteiger partial charge in [0.25, 0.3) is 0 Å². The van der Waals surface area contributed by atoms with E-state index in [2.05, 4.69) is 0 Å². The first-order valence-corrected chi connectivity index (χ1v) is 4.90. The summed E-state index contributed by atoms with van der Waals surface area (Å²) in [6.45, 7) is 1.52. The smallest absolute Gasteiger partial charge is 0.218 e. The summed E-state index contributed by atoms with van der Waals surface area (Å²) in [6, 6.07) is 0. The van der Waals surface area contributed by atoms with Crippen LogP contribution in [0.5, 0.6) is 0 Å². The second kappa shape index (κ2) is 4.22. The van der Waals surface area contributed by atoms with E-state index < -0.39 is 21.6 Å². The summed E-state index contributed by atoms with van der Waals surface area (Å²) in [5.41, 5.74) is 5.48. The van der Waals surface area contributed by atoms with Crippen molar-refractivity contribution in [3.8, 4) is 0 Å². The molecule has 0 aromatic rings. The van der Waals surface area contributed by atoms with Gasteiger partial charge in [-0.25, -0.2) is 13.1 Å². The normalized spacial score (nSPS) is 13.0. The Bertz CT molecular complexity index is 288. The van der Waals surface area contributed by atoms with Gasteiger partial charge < -0.3 is 5.73 Å². The fraction of sp³-hybridized carbons (Fsp3) is 0.500. The Morgan fingerprint density at radius 2 is 2.08 bits per heavy atom. The summed E-state index contributed by atoms with van der Waals surface area (Å²) in [6.07, 6.45) is 1.09. The van der Waals surface area contributed by atoms with Gasteiger partial charge in [-0.15, -0.1) is 0 Å². The summed E-state index contributed by atoms with van der Waals surface area (Å²) >= 11 is 0. The molecule has 0 fully saturated rings. The average molecular weight is 192 g/mol. The lowest BCUT2D eigenvalue weighted by molar-refractivity contribution is -0.112. The van der Waals surface area contributed by atoms with Crippen LogP contribution in [0.25, 0.3) is 0 Å². The van der Waals surface area contributed by atoms with Crippen molar-refractivity contribution >= 4 is 15.8 Å². The molecule has 0 aliphatic heterocycles. The third-order valence-corrected chi connectivity index (χ3v) is 2.32. The third-order valence-electron chi connectivity index (χ3n) is 1.03. The van der Waals surface area contributed by atoms with E-state index in [1.54, 1.807) is 0 Å². The van der Waals surface area contributed by atoms with Crippen LogP contribution >= 0.6 is 0 Å². The summed E-state index contributed by atoms with van der Waals surface area (Å²) in [5, 5.41) is 0. The highest BCUT2D eigenvalue weighted by Crippen LogP contribution is 1.88. The van der Waals surface area contributed by atoms with E-state index in [9.17, 15) is 13.2 Å². The van der Waals surface area contributed by atoms with E-state index in [0.717, 1.165) is 6.08 Å². The lowest BCUT2D eigenvalue weighted by Gasteiger charge is -1.97. The molecule has 6 heteroatoms. The summed E-state index contributed by atoms with van der Waals surface area (Å²) < 4.78 is 23.6. The highest BCUT2D eigenvalue weighted by molar-refractivity contribution is 7.90. The molecule has 0 bridgehead atoms. The van der Waals surface area contributed by atoms with Gasteiger partial charge in [0.15, 0.2) is 5.78 Å². The molecule has 0 amide bonds. The molecule has 0 aromatic heterocycles. The van der Waals surface area contributed by atoms with Crippen molar-refractivity contribution in [3.05, 3.63) is 11.8 Å². The van der Waals surface area contributed by atoms with Crippen LogP contribution in [0.4, 0.5) is 0 Å². The maximum Gasteiger partial charge on any atom is 0.218 e. The number of hydrogen-bond acceptors (Lipinski definition) is 4. The van der Waals surface area contributed by atoms with Crippen molar-refractivity contribution in [3.63, 3.8) is 0 Å². The number of nitrogens with one attached hydrogen (secondary N) is 1. The van der Waals surface area contributed by atoms with Gasteiger partial charge in [0, 0.05) is 11.8 Å². The second-order valence-corrected chi connectivity index (χ2v) is 4.24. The van der Waals surface area contributed by atoms with E-state index in [0.29, 0.717) is 5.70 Å². The monoisotopic (exact) mass is 192 g/mol. The Kier molecular flexibility index (Phi) is 3.91. The molecule has 0 heterocycles. The minimum Gasteiger partial charge on any atom is -0.402 e. The van der Waals surface area contributed by atoms with E-state index in [1.165, 1.54) is 14.0 Å². The predicted octanol–water partition coefficient (Wildman–Crippen LogP) is -1.03. The molecule has 0 aliphatic carbocycles. The molecule has 0 spiro atoms. The summed E-state index contributed by atoms with van der Waals surface area (Å²) in [5.74, 6) is -1.08. The van der Waals surface area contributed by atoms with Gasteiger partial charge in [-0.2, -0.15) is 0 Å². The Labute approximate surface area is 71.7 Å². The summed E-state index contributed by atoms with van der Waals surface area (Å²) in [4.78, 5) is 10.9. The highest BCUT2D eigenvalue weighted by atomic mass is 32.2. The molecule has 3 N–H and O–H groups in total. The minimum absolute atomic E-state index is 0.298. The Morgan fingerprint density at radius 3 is 2.42 bits per heavy atom. The minimum atomic E-state index is -3.46. The zero-order chi connectivity index (χ0) is 9.78. The van der Waals surface area contributed by atoms with Crippen LogP contribution in [0.15, 0.2) is 11.8 Å². The maximum absolute atomic E-state index is 10.9. The number of carbonyl (C=O) groups excluding carboxylic acids is 1. The fourth-order valence-corrected chi connectivity index (χ4v) is 1.16. The molecule has 0 saturated carbocycles. The lowest BCUT2D eigenvalue weighted by Crippen LogP contribution is -2.26. The van der Waals surface area contributed by atoms with Crippen molar-refractivity contribution in [2.75, 3.05) is 12.8 Å². The Balaban J connectivity index is 4.31. The molecule has 5 nitrogen and oxygen atoms in total. The van der Waals surface area contributed by atoms with Crippen molar-refractivity contribution < 1.29 is 13.2 Å². The molecule has 0 saturated heterocycles. The fourth-order valence-electron chi connectivity index (χ4n) is 0.555. The molecule has 0 unspecified atom stereocenters. The molecule has 70 valence electrons. The van der Waals surface area contributed by atoms with Crippen LogP contribution in [0.1, 0.15) is 6.92 Å². The van der Waals surface area contributed by atoms with Crippen LogP contribution in [-0.2, 0) is 14.8 Å². The molecule has 0 atom stereocenters. The second-order valence-electron chi connectivity index (χ2n) is 2.32. The standard InChI is InChI=1S/C6H12N2O3S/c1-5(7)3-6(9)4-12(10,11)8-2/h3,8H,4,7H2,1-2H3/b5-3-. The third kappa shape index (κ3) is 4.86. The quantitative estimate of drug-likeness (QED) is 0.557. The number of ketones is 1. The van der Waals surface area contributed by atoms with Crippen molar-refractivity contribution in [2.24, 2.45) is 5.73 Å².